The van der Waals surface area contributed by atoms with Crippen LogP contribution in [0.4, 0.5) is 0 Å². The Morgan fingerprint density at radius 3 is 2.82 bits per heavy atom. The second-order valence-corrected chi connectivity index (χ2v) is 4.08. The molecule has 1 unspecified atom stereocenters. The molecule has 94 valence electrons. The van der Waals surface area contributed by atoms with Gasteiger partial charge in [-0.1, -0.05) is 25.1 Å². The third kappa shape index (κ3) is 4.44. The molecule has 0 fully saturated rings. The van der Waals surface area contributed by atoms with Crippen molar-refractivity contribution in [3.05, 3.63) is 29.8 Å². The molecule has 0 spiro atoms. The van der Waals surface area contributed by atoms with Crippen LogP contribution in [0.3, 0.4) is 0 Å². The van der Waals surface area contributed by atoms with Crippen molar-refractivity contribution in [3.8, 4) is 5.75 Å². The Kier molecular flexibility index (Phi) is 5.49. The zero-order valence-electron chi connectivity index (χ0n) is 10.3. The van der Waals surface area contributed by atoms with Crippen LogP contribution in [0, 0.1) is 5.92 Å². The third-order valence-corrected chi connectivity index (χ3v) is 2.50. The van der Waals surface area contributed by atoms with E-state index < -0.39 is 0 Å². The molecule has 0 heterocycles. The normalized spacial score (nSPS) is 11.9. The van der Waals surface area contributed by atoms with Crippen molar-refractivity contribution in [2.45, 2.75) is 13.3 Å². The molecule has 1 atom stereocenters. The van der Waals surface area contributed by atoms with Gasteiger partial charge in [-0.2, -0.15) is 0 Å². The van der Waals surface area contributed by atoms with Crippen molar-refractivity contribution < 1.29 is 14.6 Å². The zero-order valence-corrected chi connectivity index (χ0v) is 10.3. The number of ether oxygens (including phenoxy) is 1. The van der Waals surface area contributed by atoms with Crippen LogP contribution in [0.15, 0.2) is 24.3 Å². The van der Waals surface area contributed by atoms with Gasteiger partial charge in [0, 0.05) is 18.7 Å². The summed E-state index contributed by atoms with van der Waals surface area (Å²) in [5.41, 5.74) is 0.865. The van der Waals surface area contributed by atoms with Crippen LogP contribution in [-0.4, -0.2) is 31.3 Å². The number of carbonyl (C=O) groups is 1. The topological polar surface area (TPSA) is 58.6 Å². The molecule has 1 aromatic carbocycles. The minimum Gasteiger partial charge on any atom is -0.496 e. The smallest absolute Gasteiger partial charge is 0.224 e. The fraction of sp³-hybridized carbons (Fsp3) is 0.462. The lowest BCUT2D eigenvalue weighted by Gasteiger charge is -2.11. The molecule has 0 aromatic heterocycles. The molecule has 0 saturated carbocycles. The van der Waals surface area contributed by atoms with E-state index in [0.29, 0.717) is 13.0 Å². The average molecular weight is 237 g/mol. The van der Waals surface area contributed by atoms with Gasteiger partial charge in [-0.3, -0.25) is 4.79 Å². The van der Waals surface area contributed by atoms with Gasteiger partial charge in [0.1, 0.15) is 5.75 Å². The molecule has 1 aromatic rings. The summed E-state index contributed by atoms with van der Waals surface area (Å²) in [5.74, 6) is 0.740. The minimum atomic E-state index is -0.0604. The van der Waals surface area contributed by atoms with Crippen LogP contribution >= 0.6 is 0 Å². The van der Waals surface area contributed by atoms with Crippen molar-refractivity contribution in [2.75, 3.05) is 20.3 Å². The van der Waals surface area contributed by atoms with Crippen LogP contribution < -0.4 is 10.1 Å². The van der Waals surface area contributed by atoms with Gasteiger partial charge in [0.2, 0.25) is 5.91 Å². The molecule has 0 aliphatic rings. The molecule has 0 aliphatic carbocycles. The summed E-state index contributed by atoms with van der Waals surface area (Å²) in [7, 11) is 1.59. The fourth-order valence-electron chi connectivity index (χ4n) is 1.44. The van der Waals surface area contributed by atoms with Crippen LogP contribution in [0.5, 0.6) is 5.75 Å². The van der Waals surface area contributed by atoms with Gasteiger partial charge in [-0.25, -0.2) is 0 Å². The molecule has 0 bridgehead atoms. The maximum atomic E-state index is 11.7. The molecule has 1 rings (SSSR count). The quantitative estimate of drug-likeness (QED) is 0.775. The van der Waals surface area contributed by atoms with Crippen molar-refractivity contribution in [2.24, 2.45) is 5.92 Å². The zero-order chi connectivity index (χ0) is 12.7. The Morgan fingerprint density at radius 2 is 2.18 bits per heavy atom. The second-order valence-electron chi connectivity index (χ2n) is 4.08. The van der Waals surface area contributed by atoms with Gasteiger partial charge in [-0.15, -0.1) is 0 Å². The van der Waals surface area contributed by atoms with E-state index in [-0.39, 0.29) is 18.4 Å². The van der Waals surface area contributed by atoms with E-state index >= 15 is 0 Å². The van der Waals surface area contributed by atoms with Crippen LogP contribution in [0.2, 0.25) is 0 Å². The number of rotatable bonds is 6. The Hall–Kier alpha value is -1.55. The molecule has 0 saturated heterocycles. The SMILES string of the molecule is COc1ccccc1CC(=O)NCC(C)CO. The minimum absolute atomic E-state index is 0.0604. The molecule has 4 heteroatoms. The van der Waals surface area contributed by atoms with E-state index in [2.05, 4.69) is 5.32 Å². The van der Waals surface area contributed by atoms with Gasteiger partial charge in [0.25, 0.3) is 0 Å². The van der Waals surface area contributed by atoms with E-state index in [9.17, 15) is 4.79 Å². The number of benzene rings is 1. The van der Waals surface area contributed by atoms with Crippen LogP contribution in [-0.2, 0) is 11.2 Å². The maximum absolute atomic E-state index is 11.7. The van der Waals surface area contributed by atoms with E-state index in [0.717, 1.165) is 11.3 Å². The largest absolute Gasteiger partial charge is 0.496 e. The number of methoxy groups -OCH3 is 1. The van der Waals surface area contributed by atoms with E-state index in [1.807, 2.05) is 31.2 Å². The summed E-state index contributed by atoms with van der Waals surface area (Å²) < 4.78 is 5.17. The second kappa shape index (κ2) is 6.91. The fourth-order valence-corrected chi connectivity index (χ4v) is 1.44. The highest BCUT2D eigenvalue weighted by molar-refractivity contribution is 5.79. The number of hydrogen-bond acceptors (Lipinski definition) is 3. The number of nitrogens with one attached hydrogen (secondary N) is 1. The Balaban J connectivity index is 2.50. The lowest BCUT2D eigenvalue weighted by atomic mass is 10.1. The molecule has 17 heavy (non-hydrogen) atoms. The summed E-state index contributed by atoms with van der Waals surface area (Å²) >= 11 is 0. The summed E-state index contributed by atoms with van der Waals surface area (Å²) in [5, 5.41) is 11.6. The monoisotopic (exact) mass is 237 g/mol. The number of amides is 1. The van der Waals surface area contributed by atoms with Gasteiger partial charge >= 0.3 is 0 Å². The summed E-state index contributed by atoms with van der Waals surface area (Å²) in [6.07, 6.45) is 0.294. The Morgan fingerprint density at radius 1 is 1.47 bits per heavy atom. The number of carbonyl (C=O) groups excluding carboxylic acids is 1. The first-order chi connectivity index (χ1) is 8.17. The first-order valence-electron chi connectivity index (χ1n) is 5.66. The number of aliphatic hydroxyl groups is 1. The molecule has 4 nitrogen and oxygen atoms in total. The van der Waals surface area contributed by atoms with Crippen molar-refractivity contribution in [3.63, 3.8) is 0 Å². The highest BCUT2D eigenvalue weighted by atomic mass is 16.5. The van der Waals surface area contributed by atoms with Crippen molar-refractivity contribution in [1.82, 2.24) is 5.32 Å². The van der Waals surface area contributed by atoms with E-state index in [1.54, 1.807) is 7.11 Å². The van der Waals surface area contributed by atoms with Crippen molar-refractivity contribution in [1.29, 1.82) is 0 Å². The Bertz CT molecular complexity index is 365. The van der Waals surface area contributed by atoms with Crippen molar-refractivity contribution >= 4 is 5.91 Å². The van der Waals surface area contributed by atoms with Gasteiger partial charge < -0.3 is 15.2 Å². The predicted octanol–water partition coefficient (Wildman–Crippen LogP) is 0.982. The maximum Gasteiger partial charge on any atom is 0.224 e. The molecular weight excluding hydrogens is 218 g/mol. The first-order valence-corrected chi connectivity index (χ1v) is 5.66. The molecule has 2 N–H and O–H groups in total. The lowest BCUT2D eigenvalue weighted by molar-refractivity contribution is -0.120. The van der Waals surface area contributed by atoms with E-state index in [1.165, 1.54) is 0 Å². The summed E-state index contributed by atoms with van der Waals surface area (Å²) in [6.45, 7) is 2.45. The highest BCUT2D eigenvalue weighted by Gasteiger charge is 2.08. The molecule has 0 radical (unpaired) electrons. The highest BCUT2D eigenvalue weighted by Crippen LogP contribution is 2.17. The van der Waals surface area contributed by atoms with Crippen LogP contribution in [0.1, 0.15) is 12.5 Å². The van der Waals surface area contributed by atoms with Gasteiger partial charge in [0.05, 0.1) is 13.5 Å². The first kappa shape index (κ1) is 13.5. The average Bonchev–Trinajstić information content (AvgIpc) is 2.36. The molecule has 0 aliphatic heterocycles. The van der Waals surface area contributed by atoms with Gasteiger partial charge in [0.15, 0.2) is 0 Å². The van der Waals surface area contributed by atoms with E-state index in [4.69, 9.17) is 9.84 Å². The number of hydrogen-bond donors (Lipinski definition) is 2. The molecular formula is C13H19NO3. The Labute approximate surface area is 102 Å². The number of aliphatic hydroxyl groups excluding tert-OH is 1. The van der Waals surface area contributed by atoms with Crippen LogP contribution in [0.25, 0.3) is 0 Å². The molecule has 1 amide bonds. The lowest BCUT2D eigenvalue weighted by Crippen LogP contribution is -2.30. The predicted molar refractivity (Wildman–Crippen MR) is 66.0 cm³/mol. The third-order valence-electron chi connectivity index (χ3n) is 2.50. The van der Waals surface area contributed by atoms with Gasteiger partial charge in [-0.05, 0) is 12.0 Å². The standard InChI is InChI=1S/C13H19NO3/c1-10(9-15)8-14-13(16)7-11-5-3-4-6-12(11)17-2/h3-6,10,15H,7-9H2,1-2H3,(H,14,16). The summed E-state index contributed by atoms with van der Waals surface area (Å²) in [6, 6.07) is 7.45. The summed E-state index contributed by atoms with van der Waals surface area (Å²) in [4.78, 5) is 11.7. The number of para-hydroxylation sites is 1.